The van der Waals surface area contributed by atoms with Crippen LogP contribution in [0, 0.1) is 0 Å². The molecule has 4 rings (SSSR count). The van der Waals surface area contributed by atoms with Crippen molar-refractivity contribution in [2.24, 2.45) is 4.99 Å². The molecule has 0 radical (unpaired) electrons. The minimum absolute atomic E-state index is 0.197. The highest BCUT2D eigenvalue weighted by molar-refractivity contribution is 6.05. The molecule has 0 atom stereocenters. The largest absolute Gasteiger partial charge is 0.348 e. The molecule has 5 heteroatoms. The monoisotopic (exact) mass is 249 g/mol. The third kappa shape index (κ3) is 1.35. The van der Waals surface area contributed by atoms with Crippen molar-refractivity contribution in [3.8, 4) is 11.1 Å². The van der Waals surface area contributed by atoms with Crippen LogP contribution in [0.5, 0.6) is 0 Å². The first-order chi connectivity index (χ1) is 9.22. The number of nitrogens with zero attached hydrogens (tertiary/aromatic N) is 2. The van der Waals surface area contributed by atoms with Gasteiger partial charge in [0.2, 0.25) is 0 Å². The number of carbonyl (C=O) groups is 2. The van der Waals surface area contributed by atoms with E-state index in [2.05, 4.69) is 15.3 Å². The summed E-state index contributed by atoms with van der Waals surface area (Å²) in [6.45, 7) is 0. The van der Waals surface area contributed by atoms with E-state index in [9.17, 15) is 9.59 Å². The van der Waals surface area contributed by atoms with E-state index in [1.165, 1.54) is 0 Å². The Morgan fingerprint density at radius 2 is 1.89 bits per heavy atom. The van der Waals surface area contributed by atoms with E-state index in [0.29, 0.717) is 5.36 Å². The van der Waals surface area contributed by atoms with Gasteiger partial charge in [-0.25, -0.2) is 9.78 Å². The molecule has 0 saturated carbocycles. The molecule has 0 saturated heterocycles. The molecule has 1 aromatic carbocycles. The average Bonchev–Trinajstić information content (AvgIpc) is 2.74. The summed E-state index contributed by atoms with van der Waals surface area (Å²) in [5, 5.41) is 3.19. The van der Waals surface area contributed by atoms with E-state index in [1.807, 2.05) is 30.3 Å². The van der Waals surface area contributed by atoms with Gasteiger partial charge in [0.25, 0.3) is 5.91 Å². The average molecular weight is 249 g/mol. The second-order valence-electron chi connectivity index (χ2n) is 4.39. The van der Waals surface area contributed by atoms with Crippen molar-refractivity contribution in [2.75, 3.05) is 0 Å². The summed E-state index contributed by atoms with van der Waals surface area (Å²) in [5.74, 6) is -0.498. The number of amides is 3. The first-order valence-corrected chi connectivity index (χ1v) is 5.78. The van der Waals surface area contributed by atoms with Gasteiger partial charge in [-0.05, 0) is 23.3 Å². The van der Waals surface area contributed by atoms with E-state index in [-0.39, 0.29) is 5.69 Å². The SMILES string of the molecule is O=C1N=c2cc3c(nc2C(=O)N1)=Cc1ccccc1-3. The number of urea groups is 1. The molecule has 2 aliphatic rings. The highest BCUT2D eigenvalue weighted by Crippen LogP contribution is 2.24. The number of carbonyl (C=O) groups excluding carboxylic acids is 2. The number of rotatable bonds is 0. The van der Waals surface area contributed by atoms with Gasteiger partial charge in [-0.3, -0.25) is 10.1 Å². The number of hydrogen-bond acceptors (Lipinski definition) is 3. The number of nitrogens with one attached hydrogen (secondary N) is 1. The van der Waals surface area contributed by atoms with E-state index >= 15 is 0 Å². The van der Waals surface area contributed by atoms with Gasteiger partial charge in [-0.15, -0.1) is 0 Å². The normalized spacial score (nSPS) is 14.7. The third-order valence-electron chi connectivity index (χ3n) is 3.23. The molecule has 3 amide bonds. The van der Waals surface area contributed by atoms with E-state index < -0.39 is 11.9 Å². The first-order valence-electron chi connectivity index (χ1n) is 5.78. The molecular weight excluding hydrogens is 242 g/mol. The van der Waals surface area contributed by atoms with E-state index in [4.69, 9.17) is 0 Å². The van der Waals surface area contributed by atoms with Crippen LogP contribution in [-0.2, 0) is 0 Å². The fourth-order valence-corrected chi connectivity index (χ4v) is 2.40. The summed E-state index contributed by atoms with van der Waals surface area (Å²) in [6, 6.07) is 8.96. The summed E-state index contributed by atoms with van der Waals surface area (Å²) >= 11 is 0. The van der Waals surface area contributed by atoms with E-state index in [1.54, 1.807) is 6.07 Å². The standard InChI is InChI=1S/C14H7N3O2/c18-13-12-11(16-14(19)17-13)6-9-8-4-2-1-3-7(8)5-10(9)15-12/h1-6H,(H,17,18,19). The number of hydrogen-bond donors (Lipinski definition) is 1. The predicted octanol–water partition coefficient (Wildman–Crippen LogP) is 0.374. The fourth-order valence-electron chi connectivity index (χ4n) is 2.40. The summed E-state index contributed by atoms with van der Waals surface area (Å²) in [4.78, 5) is 31.1. The molecule has 0 fully saturated rings. The van der Waals surface area contributed by atoms with Crippen LogP contribution >= 0.6 is 0 Å². The summed E-state index contributed by atoms with van der Waals surface area (Å²) in [5.41, 5.74) is 3.20. The quantitative estimate of drug-likeness (QED) is 0.626. The van der Waals surface area contributed by atoms with Gasteiger partial charge in [0.1, 0.15) is 5.36 Å². The molecule has 0 bridgehead atoms. The lowest BCUT2D eigenvalue weighted by atomic mass is 10.1. The molecule has 1 aliphatic carbocycles. The first kappa shape index (κ1) is 10.1. The zero-order chi connectivity index (χ0) is 13.0. The molecule has 0 unspecified atom stereocenters. The van der Waals surface area contributed by atoms with Crippen LogP contribution in [0.3, 0.4) is 0 Å². The molecule has 1 aromatic heterocycles. The van der Waals surface area contributed by atoms with Crippen molar-refractivity contribution in [3.05, 3.63) is 52.3 Å². The zero-order valence-corrected chi connectivity index (χ0v) is 9.68. The Morgan fingerprint density at radius 3 is 2.79 bits per heavy atom. The van der Waals surface area contributed by atoms with Gasteiger partial charge in [0.05, 0.1) is 5.35 Å². The Balaban J connectivity index is 2.10. The molecule has 2 aromatic rings. The fraction of sp³-hybridized carbons (Fsp3) is 0. The Morgan fingerprint density at radius 1 is 1.05 bits per heavy atom. The molecule has 2 heterocycles. The van der Waals surface area contributed by atoms with Gasteiger partial charge in [0.15, 0.2) is 5.69 Å². The molecule has 0 spiro atoms. The van der Waals surface area contributed by atoms with Gasteiger partial charge in [0, 0.05) is 5.56 Å². The third-order valence-corrected chi connectivity index (χ3v) is 3.23. The van der Waals surface area contributed by atoms with Gasteiger partial charge in [-0.1, -0.05) is 24.3 Å². The Kier molecular flexibility index (Phi) is 1.79. The number of fused-ring (bicyclic) bond motifs is 4. The summed E-state index contributed by atoms with van der Waals surface area (Å²) in [7, 11) is 0. The predicted molar refractivity (Wildman–Crippen MR) is 66.9 cm³/mol. The summed E-state index contributed by atoms with van der Waals surface area (Å²) in [6.07, 6.45) is 1.93. The Hall–Kier alpha value is -2.82. The van der Waals surface area contributed by atoms with Gasteiger partial charge < -0.3 is 0 Å². The van der Waals surface area contributed by atoms with Crippen molar-refractivity contribution in [2.45, 2.75) is 0 Å². The van der Waals surface area contributed by atoms with Gasteiger partial charge in [-0.2, -0.15) is 4.99 Å². The smallest absolute Gasteiger partial charge is 0.271 e. The van der Waals surface area contributed by atoms with Crippen molar-refractivity contribution in [1.29, 1.82) is 0 Å². The maximum atomic E-state index is 11.7. The minimum Gasteiger partial charge on any atom is -0.271 e. The molecule has 1 aliphatic heterocycles. The molecular formula is C14H7N3O2. The Labute approximate surface area is 107 Å². The lowest BCUT2D eigenvalue weighted by molar-refractivity contribution is 0.0955. The lowest BCUT2D eigenvalue weighted by Crippen LogP contribution is -2.41. The van der Waals surface area contributed by atoms with Crippen LogP contribution < -0.4 is 16.0 Å². The van der Waals surface area contributed by atoms with Crippen LogP contribution in [0.4, 0.5) is 4.79 Å². The highest BCUT2D eigenvalue weighted by Gasteiger charge is 2.22. The van der Waals surface area contributed by atoms with Crippen molar-refractivity contribution in [1.82, 2.24) is 10.3 Å². The molecule has 5 nitrogen and oxygen atoms in total. The van der Waals surface area contributed by atoms with Crippen LogP contribution in [0.25, 0.3) is 17.2 Å². The summed E-state index contributed by atoms with van der Waals surface area (Å²) < 4.78 is 0. The number of pyridine rings is 1. The van der Waals surface area contributed by atoms with Crippen molar-refractivity contribution >= 4 is 18.0 Å². The second kappa shape index (κ2) is 3.35. The van der Waals surface area contributed by atoms with Crippen LogP contribution in [0.1, 0.15) is 16.1 Å². The highest BCUT2D eigenvalue weighted by atomic mass is 16.2. The second-order valence-corrected chi connectivity index (χ2v) is 4.39. The van der Waals surface area contributed by atoms with E-state index in [0.717, 1.165) is 22.0 Å². The lowest BCUT2D eigenvalue weighted by Gasteiger charge is -2.07. The maximum absolute atomic E-state index is 11.7. The number of aromatic nitrogens is 1. The van der Waals surface area contributed by atoms with Crippen molar-refractivity contribution < 1.29 is 9.59 Å². The van der Waals surface area contributed by atoms with Crippen LogP contribution in [0.2, 0.25) is 0 Å². The topological polar surface area (TPSA) is 71.4 Å². The Bertz CT molecular complexity index is 884. The molecule has 19 heavy (non-hydrogen) atoms. The molecule has 1 N–H and O–H groups in total. The van der Waals surface area contributed by atoms with Crippen LogP contribution in [0.15, 0.2) is 35.3 Å². The number of benzene rings is 1. The zero-order valence-electron chi connectivity index (χ0n) is 9.68. The number of imide groups is 1. The molecule has 90 valence electrons. The maximum Gasteiger partial charge on any atom is 0.348 e. The van der Waals surface area contributed by atoms with Gasteiger partial charge >= 0.3 is 6.03 Å². The van der Waals surface area contributed by atoms with Crippen LogP contribution in [-0.4, -0.2) is 16.9 Å². The minimum atomic E-state index is -0.644. The van der Waals surface area contributed by atoms with Crippen molar-refractivity contribution in [3.63, 3.8) is 0 Å².